The first-order valence-corrected chi connectivity index (χ1v) is 8.84. The zero-order valence-electron chi connectivity index (χ0n) is 11.4. The summed E-state index contributed by atoms with van der Waals surface area (Å²) >= 11 is 1.74. The quantitative estimate of drug-likeness (QED) is 0.785. The molecule has 0 aromatic heterocycles. The Bertz CT molecular complexity index is 597. The highest BCUT2D eigenvalue weighted by molar-refractivity contribution is 7.99. The fourth-order valence-corrected chi connectivity index (χ4v) is 3.67. The van der Waals surface area contributed by atoms with Gasteiger partial charge in [-0.2, -0.15) is 17.0 Å². The van der Waals surface area contributed by atoms with Crippen molar-refractivity contribution in [1.82, 2.24) is 4.72 Å². The van der Waals surface area contributed by atoms with E-state index in [1.54, 1.807) is 24.8 Å². The van der Waals surface area contributed by atoms with Gasteiger partial charge in [-0.3, -0.25) is 0 Å². The van der Waals surface area contributed by atoms with Crippen molar-refractivity contribution in [1.29, 1.82) is 5.26 Å². The van der Waals surface area contributed by atoms with Gasteiger partial charge in [0.2, 0.25) is 10.0 Å². The van der Waals surface area contributed by atoms with Crippen molar-refractivity contribution in [3.63, 3.8) is 0 Å². The van der Waals surface area contributed by atoms with Gasteiger partial charge < -0.3 is 0 Å². The van der Waals surface area contributed by atoms with E-state index in [1.165, 1.54) is 0 Å². The van der Waals surface area contributed by atoms with E-state index in [2.05, 4.69) is 4.72 Å². The number of nitrogens with zero attached hydrogens (tertiary/aromatic N) is 1. The predicted octanol–water partition coefficient (Wildman–Crippen LogP) is 2.51. The minimum absolute atomic E-state index is 0.0922. The summed E-state index contributed by atoms with van der Waals surface area (Å²) in [6.45, 7) is 3.82. The molecule has 20 heavy (non-hydrogen) atoms. The topological polar surface area (TPSA) is 70.0 Å². The van der Waals surface area contributed by atoms with E-state index in [4.69, 9.17) is 5.26 Å². The van der Waals surface area contributed by atoms with Crippen LogP contribution < -0.4 is 4.72 Å². The molecule has 1 rings (SSSR count). The molecule has 1 N–H and O–H groups in total. The lowest BCUT2D eigenvalue weighted by molar-refractivity contribution is 0.556. The molecule has 0 saturated heterocycles. The van der Waals surface area contributed by atoms with Gasteiger partial charge in [0.25, 0.3) is 0 Å². The summed E-state index contributed by atoms with van der Waals surface area (Å²) in [5.74, 6) is 1.13. The Morgan fingerprint density at radius 1 is 1.50 bits per heavy atom. The lowest BCUT2D eigenvalue weighted by atomic mass is 10.2. The number of rotatable bonds is 7. The highest BCUT2D eigenvalue weighted by Gasteiger charge is 2.18. The Morgan fingerprint density at radius 2 is 2.20 bits per heavy atom. The van der Waals surface area contributed by atoms with Crippen molar-refractivity contribution in [2.75, 3.05) is 11.5 Å². The van der Waals surface area contributed by atoms with Gasteiger partial charge in [-0.15, -0.1) is 0 Å². The monoisotopic (exact) mass is 316 g/mol. The van der Waals surface area contributed by atoms with Crippen LogP contribution in [-0.4, -0.2) is 26.0 Å². The van der Waals surface area contributed by atoms with Gasteiger partial charge in [-0.05, 0) is 43.0 Å². The number of thioether (sulfide) groups is 1. The molecular formula is C13H17FN2O2S2. The highest BCUT2D eigenvalue weighted by Crippen LogP contribution is 2.15. The average Bonchev–Trinajstić information content (AvgIpc) is 2.38. The Kier molecular flexibility index (Phi) is 6.46. The molecule has 0 amide bonds. The third-order valence-corrected chi connectivity index (χ3v) is 5.14. The summed E-state index contributed by atoms with van der Waals surface area (Å²) < 4.78 is 39.9. The lowest BCUT2D eigenvalue weighted by Gasteiger charge is -2.14. The molecule has 0 aliphatic carbocycles. The summed E-state index contributed by atoms with van der Waals surface area (Å²) in [5.41, 5.74) is -0.276. The lowest BCUT2D eigenvalue weighted by Crippen LogP contribution is -2.33. The Hall–Kier alpha value is -1.10. The first kappa shape index (κ1) is 17.0. The average molecular weight is 316 g/mol. The van der Waals surface area contributed by atoms with Crippen LogP contribution in [0.4, 0.5) is 4.39 Å². The second kappa shape index (κ2) is 7.62. The second-order valence-electron chi connectivity index (χ2n) is 4.26. The van der Waals surface area contributed by atoms with Crippen LogP contribution in [0.3, 0.4) is 0 Å². The highest BCUT2D eigenvalue weighted by atomic mass is 32.2. The number of sulfonamides is 1. The zero-order chi connectivity index (χ0) is 15.2. The van der Waals surface area contributed by atoms with Crippen molar-refractivity contribution >= 4 is 21.8 Å². The van der Waals surface area contributed by atoms with Gasteiger partial charge in [-0.1, -0.05) is 6.92 Å². The van der Waals surface area contributed by atoms with E-state index in [0.717, 1.165) is 29.7 Å². The minimum atomic E-state index is -3.72. The van der Waals surface area contributed by atoms with E-state index in [-0.39, 0.29) is 16.5 Å². The van der Waals surface area contributed by atoms with Gasteiger partial charge in [0, 0.05) is 6.04 Å². The SMILES string of the molecule is CCSCCC(C)NS(=O)(=O)c1ccc(F)c(C#N)c1. The molecule has 0 aliphatic heterocycles. The van der Waals surface area contributed by atoms with E-state index < -0.39 is 15.8 Å². The molecule has 0 saturated carbocycles. The van der Waals surface area contributed by atoms with Crippen molar-refractivity contribution in [3.8, 4) is 6.07 Å². The second-order valence-corrected chi connectivity index (χ2v) is 7.37. The molecule has 7 heteroatoms. The van der Waals surface area contributed by atoms with Crippen molar-refractivity contribution < 1.29 is 12.8 Å². The fourth-order valence-electron chi connectivity index (χ4n) is 1.55. The van der Waals surface area contributed by atoms with Crippen LogP contribution in [0.1, 0.15) is 25.8 Å². The van der Waals surface area contributed by atoms with Gasteiger partial charge in [0.15, 0.2) is 0 Å². The van der Waals surface area contributed by atoms with Gasteiger partial charge in [-0.25, -0.2) is 17.5 Å². The molecule has 0 heterocycles. The molecule has 1 aromatic rings. The molecule has 0 bridgehead atoms. The van der Waals surface area contributed by atoms with Crippen LogP contribution in [0.5, 0.6) is 0 Å². The molecular weight excluding hydrogens is 299 g/mol. The van der Waals surface area contributed by atoms with Crippen LogP contribution in [0, 0.1) is 17.1 Å². The molecule has 0 radical (unpaired) electrons. The maximum atomic E-state index is 13.2. The number of nitriles is 1. The first-order chi connectivity index (χ1) is 9.40. The van der Waals surface area contributed by atoms with E-state index in [1.807, 2.05) is 6.92 Å². The first-order valence-electron chi connectivity index (χ1n) is 6.20. The number of nitrogens with one attached hydrogen (secondary N) is 1. The fraction of sp³-hybridized carbons (Fsp3) is 0.462. The van der Waals surface area contributed by atoms with Crippen LogP contribution in [-0.2, 0) is 10.0 Å². The van der Waals surface area contributed by atoms with E-state index >= 15 is 0 Å². The van der Waals surface area contributed by atoms with E-state index in [9.17, 15) is 12.8 Å². The van der Waals surface area contributed by atoms with Gasteiger partial charge >= 0.3 is 0 Å². The van der Waals surface area contributed by atoms with Crippen molar-refractivity contribution in [2.24, 2.45) is 0 Å². The molecule has 0 fully saturated rings. The Morgan fingerprint density at radius 3 is 2.80 bits per heavy atom. The van der Waals surface area contributed by atoms with Crippen LogP contribution in [0.2, 0.25) is 0 Å². The standard InChI is InChI=1S/C13H17FN2O2S2/c1-3-19-7-6-10(2)16-20(17,18)12-4-5-13(14)11(8-12)9-15/h4-5,8,10,16H,3,6-7H2,1-2H3. The minimum Gasteiger partial charge on any atom is -0.208 e. The molecule has 0 spiro atoms. The molecule has 1 unspecified atom stereocenters. The maximum absolute atomic E-state index is 13.2. The Labute approximate surface area is 123 Å². The maximum Gasteiger partial charge on any atom is 0.240 e. The van der Waals surface area contributed by atoms with E-state index in [0.29, 0.717) is 6.42 Å². The number of benzene rings is 1. The molecule has 1 atom stereocenters. The summed E-state index contributed by atoms with van der Waals surface area (Å²) in [7, 11) is -3.72. The summed E-state index contributed by atoms with van der Waals surface area (Å²) in [5, 5.41) is 8.73. The number of hydrogen-bond donors (Lipinski definition) is 1. The van der Waals surface area contributed by atoms with Crippen molar-refractivity contribution in [3.05, 3.63) is 29.6 Å². The summed E-state index contributed by atoms with van der Waals surface area (Å²) in [6.07, 6.45) is 0.712. The zero-order valence-corrected chi connectivity index (χ0v) is 13.0. The van der Waals surface area contributed by atoms with Gasteiger partial charge in [0.1, 0.15) is 11.9 Å². The molecule has 0 aliphatic rings. The van der Waals surface area contributed by atoms with Crippen LogP contribution in [0.15, 0.2) is 23.1 Å². The van der Waals surface area contributed by atoms with Crippen molar-refractivity contribution in [2.45, 2.75) is 31.2 Å². The van der Waals surface area contributed by atoms with Crippen LogP contribution >= 0.6 is 11.8 Å². The van der Waals surface area contributed by atoms with Crippen LogP contribution in [0.25, 0.3) is 0 Å². The number of hydrogen-bond acceptors (Lipinski definition) is 4. The Balaban J connectivity index is 2.81. The molecule has 1 aromatic carbocycles. The number of halogens is 1. The molecule has 4 nitrogen and oxygen atoms in total. The van der Waals surface area contributed by atoms with Gasteiger partial charge in [0.05, 0.1) is 10.5 Å². The largest absolute Gasteiger partial charge is 0.240 e. The summed E-state index contributed by atoms with van der Waals surface area (Å²) in [6, 6.07) is 4.62. The third-order valence-electron chi connectivity index (χ3n) is 2.62. The third kappa shape index (κ3) is 4.78. The smallest absolute Gasteiger partial charge is 0.208 e. The predicted molar refractivity (Wildman–Crippen MR) is 78.5 cm³/mol. The summed E-state index contributed by atoms with van der Waals surface area (Å²) in [4.78, 5) is -0.0922. The molecule has 110 valence electrons. The normalized spacial score (nSPS) is 12.9.